The molecule has 1 saturated heterocycles. The molecule has 0 bridgehead atoms. The van der Waals surface area contributed by atoms with Crippen molar-refractivity contribution < 1.29 is 28.9 Å². The van der Waals surface area contributed by atoms with Gasteiger partial charge in [-0.15, -0.1) is 0 Å². The molecule has 1 aliphatic heterocycles. The molecule has 1 aromatic carbocycles. The molecule has 1 N–H and O–H groups in total. The summed E-state index contributed by atoms with van der Waals surface area (Å²) in [6.07, 6.45) is 4.12. The van der Waals surface area contributed by atoms with Crippen LogP contribution in [-0.2, 0) is 9.59 Å². The maximum atomic E-state index is 12.3. The lowest BCUT2D eigenvalue weighted by Crippen LogP contribution is -2.39. The number of benzene rings is 1. The van der Waals surface area contributed by atoms with Crippen LogP contribution in [0.15, 0.2) is 18.2 Å². The first-order chi connectivity index (χ1) is 12.0. The number of rotatable bonds is 6. The SMILES string of the molecule is COc1cc(/C=C/C(=O)N2CCC(C(=O)O)CC2)cc(OC)c1OC. The highest BCUT2D eigenvalue weighted by Gasteiger charge is 2.26. The van der Waals surface area contributed by atoms with Gasteiger partial charge in [0, 0.05) is 19.2 Å². The van der Waals surface area contributed by atoms with Gasteiger partial charge in [-0.05, 0) is 36.6 Å². The summed E-state index contributed by atoms with van der Waals surface area (Å²) in [5.41, 5.74) is 0.739. The van der Waals surface area contributed by atoms with Crippen molar-refractivity contribution in [2.24, 2.45) is 5.92 Å². The van der Waals surface area contributed by atoms with E-state index in [1.165, 1.54) is 27.4 Å². The number of carbonyl (C=O) groups is 2. The van der Waals surface area contributed by atoms with Gasteiger partial charge in [-0.25, -0.2) is 0 Å². The molecule has 7 nitrogen and oxygen atoms in total. The smallest absolute Gasteiger partial charge is 0.306 e. The number of methoxy groups -OCH3 is 3. The lowest BCUT2D eigenvalue weighted by atomic mass is 9.97. The zero-order valence-electron chi connectivity index (χ0n) is 14.7. The third-order valence-electron chi connectivity index (χ3n) is 4.26. The van der Waals surface area contributed by atoms with E-state index in [4.69, 9.17) is 19.3 Å². The second-order valence-electron chi connectivity index (χ2n) is 5.73. The summed E-state index contributed by atoms with van der Waals surface area (Å²) >= 11 is 0. The maximum absolute atomic E-state index is 12.3. The molecule has 0 aliphatic carbocycles. The van der Waals surface area contributed by atoms with Gasteiger partial charge in [-0.1, -0.05) is 0 Å². The largest absolute Gasteiger partial charge is 0.493 e. The molecule has 1 heterocycles. The van der Waals surface area contributed by atoms with Gasteiger partial charge in [0.2, 0.25) is 11.7 Å². The lowest BCUT2D eigenvalue weighted by molar-refractivity contribution is -0.144. The fraction of sp³-hybridized carbons (Fsp3) is 0.444. The Kier molecular flexibility index (Phi) is 6.27. The number of carboxylic acids is 1. The molecule has 0 atom stereocenters. The van der Waals surface area contributed by atoms with Crippen LogP contribution in [0.5, 0.6) is 17.2 Å². The van der Waals surface area contributed by atoms with E-state index >= 15 is 0 Å². The van der Waals surface area contributed by atoms with Crippen molar-refractivity contribution in [2.45, 2.75) is 12.8 Å². The average Bonchev–Trinajstić information content (AvgIpc) is 2.64. The van der Waals surface area contributed by atoms with E-state index in [1.807, 2.05) is 0 Å². The molecular formula is C18H23NO6. The summed E-state index contributed by atoms with van der Waals surface area (Å²) < 4.78 is 15.8. The van der Waals surface area contributed by atoms with Crippen molar-refractivity contribution in [1.29, 1.82) is 0 Å². The van der Waals surface area contributed by atoms with Gasteiger partial charge in [0.25, 0.3) is 0 Å². The van der Waals surface area contributed by atoms with Crippen LogP contribution in [0.3, 0.4) is 0 Å². The van der Waals surface area contributed by atoms with Crippen LogP contribution in [0, 0.1) is 5.92 Å². The Bertz CT molecular complexity index is 637. The molecule has 1 aromatic rings. The summed E-state index contributed by atoms with van der Waals surface area (Å²) in [7, 11) is 4.59. The number of nitrogens with zero attached hydrogens (tertiary/aromatic N) is 1. The Hall–Kier alpha value is -2.70. The highest BCUT2D eigenvalue weighted by atomic mass is 16.5. The Balaban J connectivity index is 2.08. The van der Waals surface area contributed by atoms with E-state index in [9.17, 15) is 9.59 Å². The molecule has 0 spiro atoms. The van der Waals surface area contributed by atoms with Crippen molar-refractivity contribution in [3.63, 3.8) is 0 Å². The molecule has 1 amide bonds. The molecule has 0 aromatic heterocycles. The second kappa shape index (κ2) is 8.41. The van der Waals surface area contributed by atoms with Gasteiger partial charge in [-0.3, -0.25) is 9.59 Å². The summed E-state index contributed by atoms with van der Waals surface area (Å²) in [5.74, 6) is 0.220. The van der Waals surface area contributed by atoms with Crippen molar-refractivity contribution in [3.05, 3.63) is 23.8 Å². The molecule has 25 heavy (non-hydrogen) atoms. The highest BCUT2D eigenvalue weighted by Crippen LogP contribution is 2.38. The van der Waals surface area contributed by atoms with Crippen molar-refractivity contribution >= 4 is 18.0 Å². The van der Waals surface area contributed by atoms with Crippen LogP contribution < -0.4 is 14.2 Å². The van der Waals surface area contributed by atoms with E-state index in [1.54, 1.807) is 23.1 Å². The van der Waals surface area contributed by atoms with Crippen LogP contribution in [0.4, 0.5) is 0 Å². The normalized spacial score (nSPS) is 15.2. The molecule has 0 radical (unpaired) electrons. The number of aliphatic carboxylic acids is 1. The zero-order chi connectivity index (χ0) is 18.4. The predicted molar refractivity (Wildman–Crippen MR) is 92.1 cm³/mol. The molecule has 0 saturated carbocycles. The number of hydrogen-bond acceptors (Lipinski definition) is 5. The Morgan fingerprint density at radius 3 is 2.08 bits per heavy atom. The topological polar surface area (TPSA) is 85.3 Å². The monoisotopic (exact) mass is 349 g/mol. The van der Waals surface area contributed by atoms with Crippen LogP contribution in [0.25, 0.3) is 6.08 Å². The van der Waals surface area contributed by atoms with Gasteiger partial charge in [-0.2, -0.15) is 0 Å². The first-order valence-corrected chi connectivity index (χ1v) is 8.00. The third-order valence-corrected chi connectivity index (χ3v) is 4.26. The molecule has 1 aliphatic rings. The van der Waals surface area contributed by atoms with Crippen molar-refractivity contribution in [1.82, 2.24) is 4.90 Å². The third kappa shape index (κ3) is 4.43. The zero-order valence-corrected chi connectivity index (χ0v) is 14.7. The van der Waals surface area contributed by atoms with Gasteiger partial charge in [0.1, 0.15) is 0 Å². The first kappa shape index (κ1) is 18.6. The molecule has 7 heteroatoms. The highest BCUT2D eigenvalue weighted by molar-refractivity contribution is 5.92. The maximum Gasteiger partial charge on any atom is 0.306 e. The minimum absolute atomic E-state index is 0.141. The quantitative estimate of drug-likeness (QED) is 0.791. The van der Waals surface area contributed by atoms with Crippen LogP contribution in [-0.4, -0.2) is 56.3 Å². The van der Waals surface area contributed by atoms with Crippen LogP contribution in [0.2, 0.25) is 0 Å². The number of carbonyl (C=O) groups excluding carboxylic acids is 1. The number of likely N-dealkylation sites (tertiary alicyclic amines) is 1. The minimum atomic E-state index is -0.792. The second-order valence-corrected chi connectivity index (χ2v) is 5.73. The van der Waals surface area contributed by atoms with Crippen molar-refractivity contribution in [2.75, 3.05) is 34.4 Å². The van der Waals surface area contributed by atoms with Gasteiger partial charge < -0.3 is 24.2 Å². The first-order valence-electron chi connectivity index (χ1n) is 8.00. The lowest BCUT2D eigenvalue weighted by Gasteiger charge is -2.29. The Morgan fingerprint density at radius 2 is 1.64 bits per heavy atom. The summed E-state index contributed by atoms with van der Waals surface area (Å²) in [4.78, 5) is 24.9. The van der Waals surface area contributed by atoms with E-state index in [2.05, 4.69) is 0 Å². The Morgan fingerprint density at radius 1 is 1.08 bits per heavy atom. The predicted octanol–water partition coefficient (Wildman–Crippen LogP) is 2.05. The average molecular weight is 349 g/mol. The minimum Gasteiger partial charge on any atom is -0.493 e. The van der Waals surface area contributed by atoms with Crippen LogP contribution in [0.1, 0.15) is 18.4 Å². The van der Waals surface area contributed by atoms with Gasteiger partial charge in [0.15, 0.2) is 11.5 Å². The summed E-state index contributed by atoms with van der Waals surface area (Å²) in [5, 5.41) is 9.01. The molecular weight excluding hydrogens is 326 g/mol. The molecule has 136 valence electrons. The summed E-state index contributed by atoms with van der Waals surface area (Å²) in [6, 6.07) is 3.50. The number of ether oxygens (including phenoxy) is 3. The molecule has 1 fully saturated rings. The number of hydrogen-bond donors (Lipinski definition) is 1. The van der Waals surface area contributed by atoms with Gasteiger partial charge >= 0.3 is 5.97 Å². The fourth-order valence-electron chi connectivity index (χ4n) is 2.82. The van der Waals surface area contributed by atoms with E-state index in [0.29, 0.717) is 43.2 Å². The molecule has 2 rings (SSSR count). The molecule has 0 unspecified atom stereocenters. The summed E-state index contributed by atoms with van der Waals surface area (Å²) in [6.45, 7) is 0.908. The number of amides is 1. The number of piperidine rings is 1. The van der Waals surface area contributed by atoms with E-state index < -0.39 is 5.97 Å². The van der Waals surface area contributed by atoms with E-state index in [0.717, 1.165) is 5.56 Å². The van der Waals surface area contributed by atoms with Gasteiger partial charge in [0.05, 0.1) is 27.2 Å². The van der Waals surface area contributed by atoms with Crippen molar-refractivity contribution in [3.8, 4) is 17.2 Å². The number of carboxylic acid groups (broad SMARTS) is 1. The standard InChI is InChI=1S/C18H23NO6/c1-23-14-10-12(11-15(24-2)17(14)25-3)4-5-16(20)19-8-6-13(7-9-19)18(21)22/h4-5,10-11,13H,6-9H2,1-3H3,(H,21,22)/b5-4+. The van der Waals surface area contributed by atoms with E-state index in [-0.39, 0.29) is 11.8 Å². The fourth-order valence-corrected chi connectivity index (χ4v) is 2.82. The van der Waals surface area contributed by atoms with Crippen LogP contribution >= 0.6 is 0 Å². The Labute approximate surface area is 146 Å².